The highest BCUT2D eigenvalue weighted by atomic mass is 16.5. The maximum Gasteiger partial charge on any atom is 0.222 e. The van der Waals surface area contributed by atoms with Gasteiger partial charge >= 0.3 is 0 Å². The molecule has 2 rings (SSSR count). The molecule has 0 aliphatic heterocycles. The molecule has 0 atom stereocenters. The Balaban J connectivity index is 2.49. The molecule has 0 fully saturated rings. The fourth-order valence-corrected chi connectivity index (χ4v) is 1.42. The zero-order valence-corrected chi connectivity index (χ0v) is 8.84. The molecule has 0 saturated heterocycles. The summed E-state index contributed by atoms with van der Waals surface area (Å²) in [6.45, 7) is 0. The summed E-state index contributed by atoms with van der Waals surface area (Å²) >= 11 is 0. The summed E-state index contributed by atoms with van der Waals surface area (Å²) in [6, 6.07) is 9.18. The van der Waals surface area contributed by atoms with Gasteiger partial charge in [0.25, 0.3) is 0 Å². The highest BCUT2D eigenvalue weighted by molar-refractivity contribution is 5.64. The van der Waals surface area contributed by atoms with Gasteiger partial charge < -0.3 is 16.2 Å². The van der Waals surface area contributed by atoms with E-state index in [4.69, 9.17) is 16.2 Å². The van der Waals surface area contributed by atoms with E-state index in [0.717, 1.165) is 11.3 Å². The van der Waals surface area contributed by atoms with Crippen molar-refractivity contribution in [3.05, 3.63) is 30.3 Å². The van der Waals surface area contributed by atoms with Gasteiger partial charge in [-0.3, -0.25) is 0 Å². The van der Waals surface area contributed by atoms with Crippen molar-refractivity contribution in [3.8, 4) is 17.0 Å². The zero-order valence-electron chi connectivity index (χ0n) is 8.84. The number of hydrogen-bond donors (Lipinski definition) is 2. The van der Waals surface area contributed by atoms with Crippen molar-refractivity contribution in [2.24, 2.45) is 0 Å². The van der Waals surface area contributed by atoms with Crippen LogP contribution in [-0.2, 0) is 0 Å². The number of nitrogen functional groups attached to an aromatic ring is 2. The molecule has 16 heavy (non-hydrogen) atoms. The molecule has 2 aromatic rings. The number of aromatic nitrogens is 2. The van der Waals surface area contributed by atoms with Crippen molar-refractivity contribution >= 4 is 11.8 Å². The minimum Gasteiger partial charge on any atom is -0.497 e. The first kappa shape index (κ1) is 10.2. The number of benzene rings is 1. The van der Waals surface area contributed by atoms with Gasteiger partial charge in [0.05, 0.1) is 12.8 Å². The van der Waals surface area contributed by atoms with E-state index in [1.54, 1.807) is 13.2 Å². The van der Waals surface area contributed by atoms with Crippen LogP contribution in [0.3, 0.4) is 0 Å². The summed E-state index contributed by atoms with van der Waals surface area (Å²) in [7, 11) is 1.61. The molecule has 5 heteroatoms. The van der Waals surface area contributed by atoms with Gasteiger partial charge in [-0.15, -0.1) is 0 Å². The quantitative estimate of drug-likeness (QED) is 0.790. The maximum absolute atomic E-state index is 5.60. The van der Waals surface area contributed by atoms with E-state index in [2.05, 4.69) is 9.97 Å². The molecular weight excluding hydrogens is 204 g/mol. The first-order valence-corrected chi connectivity index (χ1v) is 4.73. The van der Waals surface area contributed by atoms with Crippen molar-refractivity contribution < 1.29 is 4.74 Å². The van der Waals surface area contributed by atoms with Crippen LogP contribution in [0, 0.1) is 0 Å². The third-order valence-corrected chi connectivity index (χ3v) is 2.13. The highest BCUT2D eigenvalue weighted by Gasteiger charge is 2.04. The van der Waals surface area contributed by atoms with Gasteiger partial charge in [-0.05, 0) is 12.1 Å². The zero-order chi connectivity index (χ0) is 11.5. The third kappa shape index (κ3) is 2.03. The molecule has 4 N–H and O–H groups in total. The molecule has 5 nitrogen and oxygen atoms in total. The highest BCUT2D eigenvalue weighted by Crippen LogP contribution is 2.23. The van der Waals surface area contributed by atoms with Gasteiger partial charge in [0, 0.05) is 11.6 Å². The van der Waals surface area contributed by atoms with Crippen LogP contribution >= 0.6 is 0 Å². The van der Waals surface area contributed by atoms with Crippen molar-refractivity contribution in [1.29, 1.82) is 0 Å². The first-order valence-electron chi connectivity index (χ1n) is 4.73. The van der Waals surface area contributed by atoms with E-state index in [9.17, 15) is 0 Å². The molecule has 0 radical (unpaired) electrons. The second-order valence-electron chi connectivity index (χ2n) is 3.27. The van der Waals surface area contributed by atoms with Crippen LogP contribution in [0.2, 0.25) is 0 Å². The molecule has 0 bridgehead atoms. The van der Waals surface area contributed by atoms with E-state index in [1.165, 1.54) is 0 Å². The smallest absolute Gasteiger partial charge is 0.222 e. The van der Waals surface area contributed by atoms with E-state index in [1.807, 2.05) is 24.3 Å². The van der Waals surface area contributed by atoms with Crippen LogP contribution in [-0.4, -0.2) is 17.1 Å². The van der Waals surface area contributed by atoms with E-state index in [-0.39, 0.29) is 5.95 Å². The third-order valence-electron chi connectivity index (χ3n) is 2.13. The van der Waals surface area contributed by atoms with Crippen molar-refractivity contribution in [2.45, 2.75) is 0 Å². The Morgan fingerprint density at radius 1 is 1.12 bits per heavy atom. The molecule has 0 spiro atoms. The Kier molecular flexibility index (Phi) is 2.59. The van der Waals surface area contributed by atoms with Crippen molar-refractivity contribution in [1.82, 2.24) is 9.97 Å². The van der Waals surface area contributed by atoms with Gasteiger partial charge in [-0.2, -0.15) is 4.98 Å². The van der Waals surface area contributed by atoms with Crippen molar-refractivity contribution in [3.63, 3.8) is 0 Å². The number of nitrogens with two attached hydrogens (primary N) is 2. The second-order valence-corrected chi connectivity index (χ2v) is 3.27. The molecule has 0 aliphatic rings. The van der Waals surface area contributed by atoms with Gasteiger partial charge in [-0.1, -0.05) is 12.1 Å². The Morgan fingerprint density at radius 3 is 2.62 bits per heavy atom. The lowest BCUT2D eigenvalue weighted by atomic mass is 10.1. The van der Waals surface area contributed by atoms with E-state index >= 15 is 0 Å². The SMILES string of the molecule is COc1cccc(-c2cc(N)nc(N)n2)c1. The van der Waals surface area contributed by atoms with Crippen LogP contribution in [0.5, 0.6) is 5.75 Å². The summed E-state index contributed by atoms with van der Waals surface area (Å²) in [5.41, 5.74) is 12.7. The van der Waals surface area contributed by atoms with Crippen LogP contribution in [0.25, 0.3) is 11.3 Å². The molecule has 0 saturated carbocycles. The Morgan fingerprint density at radius 2 is 1.94 bits per heavy atom. The van der Waals surface area contributed by atoms with Gasteiger partial charge in [0.15, 0.2) is 0 Å². The second kappa shape index (κ2) is 4.06. The topological polar surface area (TPSA) is 87.0 Å². The number of rotatable bonds is 2. The van der Waals surface area contributed by atoms with Crippen molar-refractivity contribution in [2.75, 3.05) is 18.6 Å². The van der Waals surface area contributed by atoms with Gasteiger partial charge in [-0.25, -0.2) is 4.98 Å². The number of methoxy groups -OCH3 is 1. The average molecular weight is 216 g/mol. The van der Waals surface area contributed by atoms with Crippen LogP contribution in [0.15, 0.2) is 30.3 Å². The average Bonchev–Trinajstić information content (AvgIpc) is 2.28. The molecular formula is C11H12N4O. The lowest BCUT2D eigenvalue weighted by molar-refractivity contribution is 0.415. The number of ether oxygens (including phenoxy) is 1. The maximum atomic E-state index is 5.60. The standard InChI is InChI=1S/C11H12N4O/c1-16-8-4-2-3-7(5-8)9-6-10(12)15-11(13)14-9/h2-6H,1H3,(H4,12,13,14,15). The van der Waals surface area contributed by atoms with Crippen LogP contribution in [0.1, 0.15) is 0 Å². The summed E-state index contributed by atoms with van der Waals surface area (Å²) in [6.07, 6.45) is 0. The number of anilines is 2. The molecule has 1 heterocycles. The lowest BCUT2D eigenvalue weighted by Gasteiger charge is -2.05. The Bertz CT molecular complexity index is 493. The van der Waals surface area contributed by atoms with Gasteiger partial charge in [0.1, 0.15) is 11.6 Å². The van der Waals surface area contributed by atoms with Crippen LogP contribution in [0.4, 0.5) is 11.8 Å². The fraction of sp³-hybridized carbons (Fsp3) is 0.0909. The first-order chi connectivity index (χ1) is 7.69. The summed E-state index contributed by atoms with van der Waals surface area (Å²) in [4.78, 5) is 7.93. The predicted molar refractivity (Wildman–Crippen MR) is 62.8 cm³/mol. The summed E-state index contributed by atoms with van der Waals surface area (Å²) in [5.74, 6) is 1.27. The molecule has 0 unspecified atom stereocenters. The minimum absolute atomic E-state index is 0.165. The minimum atomic E-state index is 0.165. The Labute approximate surface area is 93.1 Å². The summed E-state index contributed by atoms with van der Waals surface area (Å²) < 4.78 is 5.13. The molecule has 1 aromatic heterocycles. The molecule has 1 aromatic carbocycles. The molecule has 0 amide bonds. The lowest BCUT2D eigenvalue weighted by Crippen LogP contribution is -2.00. The number of nitrogens with zero attached hydrogens (tertiary/aromatic N) is 2. The summed E-state index contributed by atoms with van der Waals surface area (Å²) in [5, 5.41) is 0. The molecule has 0 aliphatic carbocycles. The van der Waals surface area contributed by atoms with E-state index < -0.39 is 0 Å². The number of hydrogen-bond acceptors (Lipinski definition) is 5. The Hall–Kier alpha value is -2.30. The largest absolute Gasteiger partial charge is 0.497 e. The molecule has 82 valence electrons. The monoisotopic (exact) mass is 216 g/mol. The van der Waals surface area contributed by atoms with Crippen LogP contribution < -0.4 is 16.2 Å². The normalized spacial score (nSPS) is 10.1. The van der Waals surface area contributed by atoms with Gasteiger partial charge in [0.2, 0.25) is 5.95 Å². The predicted octanol–water partition coefficient (Wildman–Crippen LogP) is 1.32. The van der Waals surface area contributed by atoms with E-state index in [0.29, 0.717) is 11.5 Å². The fourth-order valence-electron chi connectivity index (χ4n) is 1.42.